The van der Waals surface area contributed by atoms with Crippen LogP contribution in [0.1, 0.15) is 19.3 Å². The van der Waals surface area contributed by atoms with Gasteiger partial charge in [0, 0.05) is 6.42 Å². The number of carboxylic acids is 2. The minimum atomic E-state index is -2.64. The first-order valence-electron chi connectivity index (χ1n) is 4.86. The number of halogens is 3. The van der Waals surface area contributed by atoms with Gasteiger partial charge in [0.05, 0.1) is 19.4 Å². The highest BCUT2D eigenvalue weighted by molar-refractivity contribution is 14.3. The zero-order valence-electron chi connectivity index (χ0n) is 9.44. The Labute approximate surface area is 149 Å². The standard InChI is InChI=1S/C9H11I3O7/c10-9(11,12)1-2-19-6(15)4-8(18,7(16)17)3-5(13)14/h18H,1-4H2,(H,13,14)(H,16,17). The molecule has 0 saturated carbocycles. The van der Waals surface area contributed by atoms with E-state index in [0.717, 1.165) is 0 Å². The Balaban J connectivity index is 4.41. The lowest BCUT2D eigenvalue weighted by Gasteiger charge is -2.20. The molecule has 0 aliphatic rings. The van der Waals surface area contributed by atoms with Crippen molar-refractivity contribution in [2.75, 3.05) is 6.61 Å². The predicted molar refractivity (Wildman–Crippen MR) is 89.8 cm³/mol. The Bertz CT molecular complexity index is 365. The minimum absolute atomic E-state index is 0.0659. The van der Waals surface area contributed by atoms with Crippen LogP contribution in [-0.2, 0) is 19.1 Å². The van der Waals surface area contributed by atoms with E-state index in [0.29, 0.717) is 6.42 Å². The van der Waals surface area contributed by atoms with Gasteiger partial charge in [0.1, 0.15) is -0.565 Å². The molecule has 0 aliphatic carbocycles. The highest BCUT2D eigenvalue weighted by Crippen LogP contribution is 2.38. The first kappa shape index (κ1) is 19.6. The molecule has 3 N–H and O–H groups in total. The van der Waals surface area contributed by atoms with Crippen LogP contribution in [0.3, 0.4) is 0 Å². The van der Waals surface area contributed by atoms with E-state index < -0.39 is 36.4 Å². The maximum atomic E-state index is 11.4. The second kappa shape index (κ2) is 8.11. The predicted octanol–water partition coefficient (Wildman–Crippen LogP) is 1.56. The molecule has 1 atom stereocenters. The highest BCUT2D eigenvalue weighted by atomic mass is 127. The molecule has 0 fully saturated rings. The molecule has 10 heteroatoms. The van der Waals surface area contributed by atoms with Crippen molar-refractivity contribution < 1.29 is 34.4 Å². The first-order valence-corrected chi connectivity index (χ1v) is 8.10. The summed E-state index contributed by atoms with van der Waals surface area (Å²) >= 11 is 6.42. The van der Waals surface area contributed by atoms with Crippen LogP contribution in [0.4, 0.5) is 0 Å². The van der Waals surface area contributed by atoms with Gasteiger partial charge >= 0.3 is 17.9 Å². The van der Waals surface area contributed by atoms with E-state index in [1.54, 1.807) is 0 Å². The minimum Gasteiger partial charge on any atom is -0.481 e. The average Bonchev–Trinajstić information content (AvgIpc) is 2.12. The second-order valence-corrected chi connectivity index (χ2v) is 15.4. The van der Waals surface area contributed by atoms with Gasteiger partial charge in [0.25, 0.3) is 0 Å². The molecule has 0 aromatic rings. The number of rotatable bonds is 8. The number of aliphatic hydroxyl groups is 1. The topological polar surface area (TPSA) is 121 Å². The van der Waals surface area contributed by atoms with Crippen molar-refractivity contribution in [2.45, 2.75) is 24.3 Å². The van der Waals surface area contributed by atoms with Crippen molar-refractivity contribution in [3.8, 4) is 0 Å². The molecule has 110 valence electrons. The molecule has 7 nitrogen and oxygen atoms in total. The molecule has 0 heterocycles. The van der Waals surface area contributed by atoms with Gasteiger partial charge in [0.2, 0.25) is 0 Å². The van der Waals surface area contributed by atoms with Crippen LogP contribution < -0.4 is 0 Å². The van der Waals surface area contributed by atoms with Crippen LogP contribution in [0.15, 0.2) is 0 Å². The molecular weight excluding hydrogens is 601 g/mol. The monoisotopic (exact) mass is 612 g/mol. The van der Waals surface area contributed by atoms with E-state index >= 15 is 0 Å². The quantitative estimate of drug-likeness (QED) is 0.216. The lowest BCUT2D eigenvalue weighted by atomic mass is 9.96. The normalized spacial score (nSPS) is 14.5. The number of carboxylic acid groups (broad SMARTS) is 2. The van der Waals surface area contributed by atoms with E-state index in [-0.39, 0.29) is 6.04 Å². The Kier molecular flexibility index (Phi) is 8.35. The summed E-state index contributed by atoms with van der Waals surface area (Å²) in [7, 11) is 0. The van der Waals surface area contributed by atoms with E-state index in [2.05, 4.69) is 67.8 Å². The average molecular weight is 612 g/mol. The van der Waals surface area contributed by atoms with Crippen molar-refractivity contribution in [2.24, 2.45) is 0 Å². The van der Waals surface area contributed by atoms with E-state index in [4.69, 9.17) is 14.9 Å². The molecular formula is C9H11I3O7. The third kappa shape index (κ3) is 9.17. The zero-order valence-corrected chi connectivity index (χ0v) is 15.9. The van der Waals surface area contributed by atoms with E-state index in [9.17, 15) is 19.5 Å². The van der Waals surface area contributed by atoms with Crippen LogP contribution >= 0.6 is 67.8 Å². The largest absolute Gasteiger partial charge is 0.481 e. The number of esters is 1. The van der Waals surface area contributed by atoms with Gasteiger partial charge in [-0.15, -0.1) is 0 Å². The number of ether oxygens (including phenoxy) is 1. The summed E-state index contributed by atoms with van der Waals surface area (Å²) in [4.78, 5) is 32.7. The SMILES string of the molecule is O=C(O)CC(O)(CC(=O)OCCC(I)(I)I)C(=O)O. The van der Waals surface area contributed by atoms with Crippen LogP contribution in [-0.4, -0.2) is 44.9 Å². The molecule has 0 amide bonds. The smallest absolute Gasteiger partial charge is 0.336 e. The Morgan fingerprint density at radius 2 is 1.58 bits per heavy atom. The number of hydrogen-bond acceptors (Lipinski definition) is 5. The van der Waals surface area contributed by atoms with Crippen LogP contribution in [0.2, 0.25) is 0 Å². The first-order chi connectivity index (χ1) is 8.46. The molecule has 0 saturated heterocycles. The van der Waals surface area contributed by atoms with Gasteiger partial charge in [-0.2, -0.15) is 0 Å². The van der Waals surface area contributed by atoms with E-state index in [1.807, 2.05) is 0 Å². The molecule has 0 bridgehead atoms. The molecule has 0 rings (SSSR count). The van der Waals surface area contributed by atoms with Crippen molar-refractivity contribution in [1.82, 2.24) is 0 Å². The van der Waals surface area contributed by atoms with Gasteiger partial charge in [0.15, 0.2) is 5.60 Å². The van der Waals surface area contributed by atoms with E-state index in [1.165, 1.54) is 0 Å². The van der Waals surface area contributed by atoms with Crippen molar-refractivity contribution >= 4 is 85.7 Å². The summed E-state index contributed by atoms with van der Waals surface area (Å²) in [5.41, 5.74) is -2.64. The van der Waals surface area contributed by atoms with Crippen molar-refractivity contribution in [3.05, 3.63) is 0 Å². The number of aliphatic carboxylic acids is 2. The molecule has 0 aliphatic heterocycles. The molecule has 1 unspecified atom stereocenters. The van der Waals surface area contributed by atoms with Crippen molar-refractivity contribution in [1.29, 1.82) is 0 Å². The molecule has 19 heavy (non-hydrogen) atoms. The van der Waals surface area contributed by atoms with Crippen molar-refractivity contribution in [3.63, 3.8) is 0 Å². The maximum absolute atomic E-state index is 11.4. The Morgan fingerprint density at radius 3 is 1.95 bits per heavy atom. The van der Waals surface area contributed by atoms with Crippen LogP contribution in [0.5, 0.6) is 0 Å². The number of hydrogen-bond donors (Lipinski definition) is 3. The summed E-state index contributed by atoms with van der Waals surface area (Å²) < 4.78 is 4.63. The Hall–Kier alpha value is 0.560. The maximum Gasteiger partial charge on any atom is 0.336 e. The zero-order chi connectivity index (χ0) is 15.3. The molecule has 0 aromatic carbocycles. The summed E-state index contributed by atoms with van der Waals surface area (Å²) in [5.74, 6) is -4.22. The summed E-state index contributed by atoms with van der Waals surface area (Å²) in [6.07, 6.45) is -1.43. The van der Waals surface area contributed by atoms with Gasteiger partial charge in [-0.3, -0.25) is 9.59 Å². The fraction of sp³-hybridized carbons (Fsp3) is 0.667. The second-order valence-electron chi connectivity index (χ2n) is 3.67. The van der Waals surface area contributed by atoms with Gasteiger partial charge in [-0.1, -0.05) is 67.8 Å². The highest BCUT2D eigenvalue weighted by Gasteiger charge is 2.41. The third-order valence-electron chi connectivity index (χ3n) is 1.93. The van der Waals surface area contributed by atoms with Gasteiger partial charge in [-0.05, 0) is 0 Å². The summed E-state index contributed by atoms with van der Waals surface area (Å²) in [6, 6.07) is 0. The van der Waals surface area contributed by atoms with Crippen LogP contribution in [0, 0.1) is 0 Å². The van der Waals surface area contributed by atoms with Crippen LogP contribution in [0.25, 0.3) is 0 Å². The fourth-order valence-corrected chi connectivity index (χ4v) is 1.69. The summed E-state index contributed by atoms with van der Waals surface area (Å²) in [6.45, 7) is 0.0659. The third-order valence-corrected chi connectivity index (χ3v) is 3.55. The number of alkyl halides is 3. The van der Waals surface area contributed by atoms with Gasteiger partial charge in [-0.25, -0.2) is 4.79 Å². The number of carbonyl (C=O) groups excluding carboxylic acids is 1. The lowest BCUT2D eigenvalue weighted by molar-refractivity contribution is -0.171. The molecule has 0 radical (unpaired) electrons. The fourth-order valence-electron chi connectivity index (χ4n) is 1.03. The Morgan fingerprint density at radius 1 is 1.05 bits per heavy atom. The molecule has 0 aromatic heterocycles. The lowest BCUT2D eigenvalue weighted by Crippen LogP contribution is -2.43. The summed E-state index contributed by atoms with van der Waals surface area (Å²) in [5, 5.41) is 26.9. The molecule has 0 spiro atoms. The van der Waals surface area contributed by atoms with Gasteiger partial charge < -0.3 is 20.1 Å². The number of carbonyl (C=O) groups is 3.